The van der Waals surface area contributed by atoms with Crippen LogP contribution in [0.2, 0.25) is 0 Å². The molecule has 0 radical (unpaired) electrons. The first-order valence-corrected chi connectivity index (χ1v) is 7.11. The smallest absolute Gasteiger partial charge is 0.416 e. The summed E-state index contributed by atoms with van der Waals surface area (Å²) in [5.41, 5.74) is -0.745. The number of halogens is 3. The van der Waals surface area contributed by atoms with Gasteiger partial charge in [-0.15, -0.1) is 0 Å². The van der Waals surface area contributed by atoms with Crippen molar-refractivity contribution in [1.82, 2.24) is 5.32 Å². The van der Waals surface area contributed by atoms with E-state index in [4.69, 9.17) is 4.74 Å². The van der Waals surface area contributed by atoms with E-state index in [1.165, 1.54) is 12.1 Å². The summed E-state index contributed by atoms with van der Waals surface area (Å²) < 4.78 is 42.9. The summed E-state index contributed by atoms with van der Waals surface area (Å²) in [4.78, 5) is 0. The number of hydrogen-bond acceptors (Lipinski definition) is 2. The van der Waals surface area contributed by atoms with Gasteiger partial charge in [0, 0.05) is 12.0 Å². The average Bonchev–Trinajstić information content (AvgIpc) is 2.35. The van der Waals surface area contributed by atoms with E-state index in [1.807, 2.05) is 0 Å². The highest BCUT2D eigenvalue weighted by molar-refractivity contribution is 5.28. The van der Waals surface area contributed by atoms with Crippen molar-refractivity contribution < 1.29 is 17.9 Å². The van der Waals surface area contributed by atoms with Crippen LogP contribution in [0.3, 0.4) is 0 Å². The molecule has 0 aliphatic carbocycles. The monoisotopic (exact) mass is 303 g/mol. The average molecular weight is 303 g/mol. The van der Waals surface area contributed by atoms with Crippen LogP contribution in [-0.4, -0.2) is 19.7 Å². The van der Waals surface area contributed by atoms with Crippen molar-refractivity contribution in [3.8, 4) is 5.75 Å². The number of rotatable bonds is 7. The highest BCUT2D eigenvalue weighted by Crippen LogP contribution is 2.30. The summed E-state index contributed by atoms with van der Waals surface area (Å²) in [5, 5.41) is 3.36. The van der Waals surface area contributed by atoms with E-state index in [2.05, 4.69) is 33.0 Å². The largest absolute Gasteiger partial charge is 0.493 e. The molecule has 5 heteroatoms. The van der Waals surface area contributed by atoms with Crippen molar-refractivity contribution in [2.75, 3.05) is 19.7 Å². The standard InChI is InChI=1S/C16H24F3NO/c1-12(2)9-20-10-15(3,4)11-21-14-7-5-13(6-8-14)16(17,18)19/h5-8,12,20H,9-11H2,1-4H3. The molecule has 120 valence electrons. The lowest BCUT2D eigenvalue weighted by molar-refractivity contribution is -0.137. The number of benzene rings is 1. The Kier molecular flexibility index (Phi) is 6.08. The van der Waals surface area contributed by atoms with Crippen molar-refractivity contribution in [3.05, 3.63) is 29.8 Å². The molecular weight excluding hydrogens is 279 g/mol. The van der Waals surface area contributed by atoms with E-state index in [1.54, 1.807) is 0 Å². The lowest BCUT2D eigenvalue weighted by Gasteiger charge is -2.25. The topological polar surface area (TPSA) is 21.3 Å². The van der Waals surface area contributed by atoms with Crippen LogP contribution in [0.4, 0.5) is 13.2 Å². The van der Waals surface area contributed by atoms with E-state index in [0.29, 0.717) is 18.3 Å². The van der Waals surface area contributed by atoms with Crippen molar-refractivity contribution in [3.63, 3.8) is 0 Å². The zero-order chi connectivity index (χ0) is 16.1. The molecule has 0 aromatic heterocycles. The fourth-order valence-electron chi connectivity index (χ4n) is 1.77. The minimum absolute atomic E-state index is 0.0857. The molecule has 0 bridgehead atoms. The molecule has 1 aromatic carbocycles. The lowest BCUT2D eigenvalue weighted by atomic mass is 9.94. The van der Waals surface area contributed by atoms with Gasteiger partial charge >= 0.3 is 6.18 Å². The predicted octanol–water partition coefficient (Wildman–Crippen LogP) is 4.36. The van der Waals surface area contributed by atoms with Gasteiger partial charge in [-0.3, -0.25) is 0 Å². The van der Waals surface area contributed by atoms with Crippen molar-refractivity contribution in [2.24, 2.45) is 11.3 Å². The Morgan fingerprint density at radius 2 is 1.67 bits per heavy atom. The van der Waals surface area contributed by atoms with Crippen molar-refractivity contribution >= 4 is 0 Å². The van der Waals surface area contributed by atoms with Gasteiger partial charge in [-0.1, -0.05) is 27.7 Å². The van der Waals surface area contributed by atoms with Crippen molar-refractivity contribution in [1.29, 1.82) is 0 Å². The minimum atomic E-state index is -4.31. The van der Waals surface area contributed by atoms with Gasteiger partial charge in [-0.05, 0) is 36.7 Å². The molecule has 0 heterocycles. The van der Waals surface area contributed by atoms with Gasteiger partial charge < -0.3 is 10.1 Å². The van der Waals surface area contributed by atoms with Crippen LogP contribution in [0.25, 0.3) is 0 Å². The maximum Gasteiger partial charge on any atom is 0.416 e. The maximum absolute atomic E-state index is 12.5. The van der Waals surface area contributed by atoms with Crippen LogP contribution >= 0.6 is 0 Å². The number of ether oxygens (including phenoxy) is 1. The van der Waals surface area contributed by atoms with E-state index in [0.717, 1.165) is 25.2 Å². The number of nitrogens with one attached hydrogen (secondary N) is 1. The van der Waals surface area contributed by atoms with Gasteiger partial charge in [0.2, 0.25) is 0 Å². The summed E-state index contributed by atoms with van der Waals surface area (Å²) >= 11 is 0. The molecule has 0 fully saturated rings. The third-order valence-corrected chi connectivity index (χ3v) is 2.97. The molecule has 0 saturated heterocycles. The second kappa shape index (κ2) is 7.16. The Balaban J connectivity index is 2.47. The molecule has 0 amide bonds. The quantitative estimate of drug-likeness (QED) is 0.808. The number of hydrogen-bond donors (Lipinski definition) is 1. The second-order valence-corrected chi connectivity index (χ2v) is 6.50. The molecule has 1 rings (SSSR count). The molecule has 0 spiro atoms. The minimum Gasteiger partial charge on any atom is -0.493 e. The Bertz CT molecular complexity index is 424. The fourth-order valence-corrected chi connectivity index (χ4v) is 1.77. The molecule has 0 unspecified atom stereocenters. The Labute approximate surface area is 124 Å². The summed E-state index contributed by atoms with van der Waals surface area (Å²) in [7, 11) is 0. The van der Waals surface area contributed by atoms with Gasteiger partial charge in [0.15, 0.2) is 0 Å². The summed E-state index contributed by atoms with van der Waals surface area (Å²) in [6.45, 7) is 10.6. The zero-order valence-corrected chi connectivity index (χ0v) is 13.1. The first kappa shape index (κ1) is 17.8. The Morgan fingerprint density at radius 3 is 2.14 bits per heavy atom. The molecule has 0 atom stereocenters. The van der Waals surface area contributed by atoms with Gasteiger partial charge in [0.25, 0.3) is 0 Å². The molecule has 1 N–H and O–H groups in total. The van der Waals surface area contributed by atoms with Crippen LogP contribution in [0.15, 0.2) is 24.3 Å². The first-order valence-electron chi connectivity index (χ1n) is 7.11. The molecule has 0 aliphatic heterocycles. The van der Waals surface area contributed by atoms with Gasteiger partial charge in [-0.2, -0.15) is 13.2 Å². The molecular formula is C16H24F3NO. The SMILES string of the molecule is CC(C)CNCC(C)(C)COc1ccc(C(F)(F)F)cc1. The highest BCUT2D eigenvalue weighted by Gasteiger charge is 2.30. The first-order chi connectivity index (χ1) is 9.60. The van der Waals surface area contributed by atoms with Crippen LogP contribution in [0, 0.1) is 11.3 Å². The lowest BCUT2D eigenvalue weighted by Crippen LogP contribution is -2.35. The predicted molar refractivity (Wildman–Crippen MR) is 78.4 cm³/mol. The third-order valence-electron chi connectivity index (χ3n) is 2.97. The van der Waals surface area contributed by atoms with E-state index >= 15 is 0 Å². The van der Waals surface area contributed by atoms with Crippen LogP contribution in [-0.2, 0) is 6.18 Å². The summed E-state index contributed by atoms with van der Waals surface area (Å²) in [6, 6.07) is 4.81. The Hall–Kier alpha value is -1.23. The molecule has 0 aliphatic rings. The zero-order valence-electron chi connectivity index (χ0n) is 13.1. The maximum atomic E-state index is 12.5. The van der Waals surface area contributed by atoms with Crippen LogP contribution < -0.4 is 10.1 Å². The van der Waals surface area contributed by atoms with E-state index in [-0.39, 0.29) is 5.41 Å². The van der Waals surface area contributed by atoms with Crippen molar-refractivity contribution in [2.45, 2.75) is 33.9 Å². The second-order valence-electron chi connectivity index (χ2n) is 6.50. The molecule has 1 aromatic rings. The van der Waals surface area contributed by atoms with Crippen LogP contribution in [0.5, 0.6) is 5.75 Å². The highest BCUT2D eigenvalue weighted by atomic mass is 19.4. The summed E-state index contributed by atoms with van der Waals surface area (Å²) in [6.07, 6.45) is -4.31. The van der Waals surface area contributed by atoms with Gasteiger partial charge in [0.05, 0.1) is 12.2 Å². The summed E-state index contributed by atoms with van der Waals surface area (Å²) in [5.74, 6) is 1.04. The Morgan fingerprint density at radius 1 is 1.10 bits per heavy atom. The fraction of sp³-hybridized carbons (Fsp3) is 0.625. The van der Waals surface area contributed by atoms with Gasteiger partial charge in [-0.25, -0.2) is 0 Å². The van der Waals surface area contributed by atoms with Gasteiger partial charge in [0.1, 0.15) is 5.75 Å². The van der Waals surface area contributed by atoms with E-state index < -0.39 is 11.7 Å². The molecule has 2 nitrogen and oxygen atoms in total. The third kappa shape index (κ3) is 6.85. The van der Waals surface area contributed by atoms with E-state index in [9.17, 15) is 13.2 Å². The number of alkyl halides is 3. The molecule has 0 saturated carbocycles. The molecule has 21 heavy (non-hydrogen) atoms. The normalized spacial score (nSPS) is 12.8. The van der Waals surface area contributed by atoms with Crippen LogP contribution in [0.1, 0.15) is 33.3 Å².